The van der Waals surface area contributed by atoms with Gasteiger partial charge in [0.15, 0.2) is 0 Å². The summed E-state index contributed by atoms with van der Waals surface area (Å²) in [7, 11) is -3.51. The van der Waals surface area contributed by atoms with E-state index in [0.717, 1.165) is 25.7 Å². The Kier molecular flexibility index (Phi) is 3.92. The van der Waals surface area contributed by atoms with E-state index >= 15 is 0 Å². The van der Waals surface area contributed by atoms with Gasteiger partial charge in [-0.15, -0.1) is 0 Å². The zero-order valence-corrected chi connectivity index (χ0v) is 11.3. The van der Waals surface area contributed by atoms with Crippen LogP contribution >= 0.6 is 0 Å². The van der Waals surface area contributed by atoms with E-state index in [9.17, 15) is 13.5 Å². The van der Waals surface area contributed by atoms with Crippen molar-refractivity contribution in [3.63, 3.8) is 0 Å². The first-order valence-electron chi connectivity index (χ1n) is 6.29. The molecule has 1 aliphatic rings. The van der Waals surface area contributed by atoms with Crippen molar-refractivity contribution in [2.24, 2.45) is 5.92 Å². The van der Waals surface area contributed by atoms with Crippen LogP contribution in [0.25, 0.3) is 0 Å². The largest absolute Gasteiger partial charge is 0.508 e. The Labute approximate surface area is 108 Å². The molecule has 1 aromatic rings. The summed E-state index contributed by atoms with van der Waals surface area (Å²) in [6.07, 6.45) is 3.90. The molecule has 0 amide bonds. The third-order valence-electron chi connectivity index (χ3n) is 3.47. The molecule has 0 heterocycles. The van der Waals surface area contributed by atoms with Gasteiger partial charge in [0.1, 0.15) is 5.75 Å². The van der Waals surface area contributed by atoms with Gasteiger partial charge in [0.2, 0.25) is 10.0 Å². The number of benzene rings is 1. The minimum atomic E-state index is -3.51. The number of rotatable bonds is 3. The van der Waals surface area contributed by atoms with E-state index in [1.54, 1.807) is 0 Å². The molecule has 1 aliphatic carbocycles. The van der Waals surface area contributed by atoms with Crippen molar-refractivity contribution in [3.05, 3.63) is 24.3 Å². The fourth-order valence-corrected chi connectivity index (χ4v) is 3.66. The first-order chi connectivity index (χ1) is 8.47. The molecule has 0 radical (unpaired) electrons. The SMILES string of the molecule is CC1CCC(NS(=O)(=O)c2cccc(O)c2)CC1. The lowest BCUT2D eigenvalue weighted by Crippen LogP contribution is -2.37. The van der Waals surface area contributed by atoms with Gasteiger partial charge in [-0.3, -0.25) is 0 Å². The van der Waals surface area contributed by atoms with Crippen LogP contribution in [0.3, 0.4) is 0 Å². The lowest BCUT2D eigenvalue weighted by Gasteiger charge is -2.26. The Morgan fingerprint density at radius 2 is 1.89 bits per heavy atom. The second kappa shape index (κ2) is 5.28. The average molecular weight is 269 g/mol. The van der Waals surface area contributed by atoms with Gasteiger partial charge in [-0.25, -0.2) is 13.1 Å². The average Bonchev–Trinajstić information content (AvgIpc) is 2.32. The minimum Gasteiger partial charge on any atom is -0.508 e. The third-order valence-corrected chi connectivity index (χ3v) is 4.98. The smallest absolute Gasteiger partial charge is 0.240 e. The van der Waals surface area contributed by atoms with E-state index in [4.69, 9.17) is 0 Å². The molecule has 0 atom stereocenters. The predicted molar refractivity (Wildman–Crippen MR) is 69.8 cm³/mol. The second-order valence-corrected chi connectivity index (χ2v) is 6.79. The fraction of sp³-hybridized carbons (Fsp3) is 0.538. The zero-order valence-electron chi connectivity index (χ0n) is 10.5. The monoisotopic (exact) mass is 269 g/mol. The van der Waals surface area contributed by atoms with E-state index in [0.29, 0.717) is 5.92 Å². The first-order valence-corrected chi connectivity index (χ1v) is 7.77. The van der Waals surface area contributed by atoms with Crippen LogP contribution in [0, 0.1) is 5.92 Å². The van der Waals surface area contributed by atoms with Crippen LogP contribution in [-0.4, -0.2) is 19.6 Å². The normalized spacial score (nSPS) is 24.9. The molecular weight excluding hydrogens is 250 g/mol. The third kappa shape index (κ3) is 3.23. The molecule has 1 aromatic carbocycles. The molecule has 0 saturated heterocycles. The minimum absolute atomic E-state index is 0.0218. The van der Waals surface area contributed by atoms with Crippen molar-refractivity contribution in [1.29, 1.82) is 0 Å². The van der Waals surface area contributed by atoms with E-state index in [2.05, 4.69) is 11.6 Å². The highest BCUT2D eigenvalue weighted by atomic mass is 32.2. The molecule has 0 aromatic heterocycles. The van der Waals surface area contributed by atoms with Crippen LogP contribution in [0.15, 0.2) is 29.2 Å². The van der Waals surface area contributed by atoms with Gasteiger partial charge in [-0.05, 0) is 49.8 Å². The molecule has 0 unspecified atom stereocenters. The summed E-state index contributed by atoms with van der Waals surface area (Å²) in [6.45, 7) is 2.19. The number of phenolic OH excluding ortho intramolecular Hbond substituents is 1. The summed E-state index contributed by atoms with van der Waals surface area (Å²) < 4.78 is 26.9. The number of nitrogens with one attached hydrogen (secondary N) is 1. The van der Waals surface area contributed by atoms with Gasteiger partial charge in [0.25, 0.3) is 0 Å². The maximum atomic E-state index is 12.1. The van der Waals surface area contributed by atoms with Crippen molar-refractivity contribution in [1.82, 2.24) is 4.72 Å². The second-order valence-electron chi connectivity index (χ2n) is 5.08. The summed E-state index contributed by atoms with van der Waals surface area (Å²) in [6, 6.07) is 5.78. The van der Waals surface area contributed by atoms with Crippen LogP contribution in [0.2, 0.25) is 0 Å². The highest BCUT2D eigenvalue weighted by Gasteiger charge is 2.24. The number of aromatic hydroxyl groups is 1. The van der Waals surface area contributed by atoms with Crippen molar-refractivity contribution < 1.29 is 13.5 Å². The topological polar surface area (TPSA) is 66.4 Å². The lowest BCUT2D eigenvalue weighted by molar-refractivity contribution is 0.332. The molecule has 0 aliphatic heterocycles. The summed E-state index contributed by atoms with van der Waals surface area (Å²) in [4.78, 5) is 0.126. The number of sulfonamides is 1. The Morgan fingerprint density at radius 3 is 2.50 bits per heavy atom. The quantitative estimate of drug-likeness (QED) is 0.884. The molecule has 4 nitrogen and oxygen atoms in total. The molecule has 1 fully saturated rings. The van der Waals surface area contributed by atoms with Crippen molar-refractivity contribution in [3.8, 4) is 5.75 Å². The lowest BCUT2D eigenvalue weighted by atomic mass is 9.88. The summed E-state index contributed by atoms with van der Waals surface area (Å²) in [5.41, 5.74) is 0. The standard InChI is InChI=1S/C13H19NO3S/c1-10-5-7-11(8-6-10)14-18(16,17)13-4-2-3-12(15)9-13/h2-4,9-11,14-15H,5-8H2,1H3. The van der Waals surface area contributed by atoms with Gasteiger partial charge in [0, 0.05) is 6.04 Å². The molecule has 0 bridgehead atoms. The molecule has 100 valence electrons. The summed E-state index contributed by atoms with van der Waals surface area (Å²) in [5.74, 6) is 0.654. The van der Waals surface area contributed by atoms with Crippen molar-refractivity contribution in [2.75, 3.05) is 0 Å². The molecular formula is C13H19NO3S. The van der Waals surface area contributed by atoms with Crippen molar-refractivity contribution >= 4 is 10.0 Å². The van der Waals surface area contributed by atoms with Crippen LogP contribution in [0.5, 0.6) is 5.75 Å². The Morgan fingerprint density at radius 1 is 1.22 bits per heavy atom. The zero-order chi connectivity index (χ0) is 13.2. The number of hydrogen-bond acceptors (Lipinski definition) is 3. The Balaban J connectivity index is 2.08. The van der Waals surface area contributed by atoms with Crippen LogP contribution < -0.4 is 4.72 Å². The molecule has 2 N–H and O–H groups in total. The Hall–Kier alpha value is -1.07. The number of hydrogen-bond donors (Lipinski definition) is 2. The maximum Gasteiger partial charge on any atom is 0.240 e. The van der Waals surface area contributed by atoms with Crippen LogP contribution in [0.1, 0.15) is 32.6 Å². The summed E-state index contributed by atoms with van der Waals surface area (Å²) >= 11 is 0. The van der Waals surface area contributed by atoms with Gasteiger partial charge in [-0.1, -0.05) is 13.0 Å². The predicted octanol–water partition coefficient (Wildman–Crippen LogP) is 2.25. The molecule has 2 rings (SSSR count). The maximum absolute atomic E-state index is 12.1. The molecule has 18 heavy (non-hydrogen) atoms. The van der Waals surface area contributed by atoms with Gasteiger partial charge in [0.05, 0.1) is 4.90 Å². The molecule has 1 saturated carbocycles. The first kappa shape index (κ1) is 13.4. The van der Waals surface area contributed by atoms with Crippen LogP contribution in [-0.2, 0) is 10.0 Å². The van der Waals surface area contributed by atoms with Gasteiger partial charge >= 0.3 is 0 Å². The highest BCUT2D eigenvalue weighted by Crippen LogP contribution is 2.25. The summed E-state index contributed by atoms with van der Waals surface area (Å²) in [5, 5.41) is 9.32. The van der Waals surface area contributed by atoms with E-state index in [1.165, 1.54) is 24.3 Å². The fourth-order valence-electron chi connectivity index (χ4n) is 2.32. The van der Waals surface area contributed by atoms with E-state index < -0.39 is 10.0 Å². The molecule has 0 spiro atoms. The number of phenols is 1. The van der Waals surface area contributed by atoms with E-state index in [-0.39, 0.29) is 16.7 Å². The Bertz CT molecular complexity index is 505. The van der Waals surface area contributed by atoms with E-state index in [1.807, 2.05) is 0 Å². The van der Waals surface area contributed by atoms with Crippen molar-refractivity contribution in [2.45, 2.75) is 43.5 Å². The highest BCUT2D eigenvalue weighted by molar-refractivity contribution is 7.89. The van der Waals surface area contributed by atoms with Gasteiger partial charge < -0.3 is 5.11 Å². The molecule has 5 heteroatoms. The van der Waals surface area contributed by atoms with Crippen LogP contribution in [0.4, 0.5) is 0 Å². The van der Waals surface area contributed by atoms with Gasteiger partial charge in [-0.2, -0.15) is 0 Å².